The van der Waals surface area contributed by atoms with E-state index in [4.69, 9.17) is 0 Å². The van der Waals surface area contributed by atoms with Crippen LogP contribution < -0.4 is 5.32 Å². The molecule has 2 aromatic carbocycles. The van der Waals surface area contributed by atoms with Gasteiger partial charge in [0.05, 0.1) is 5.92 Å². The largest absolute Gasteiger partial charge is 0.352 e. The molecule has 4 nitrogen and oxygen atoms in total. The van der Waals surface area contributed by atoms with Gasteiger partial charge in [0.2, 0.25) is 11.8 Å². The van der Waals surface area contributed by atoms with Crippen LogP contribution >= 0.6 is 0 Å². The molecule has 1 heterocycles. The first kappa shape index (κ1) is 17.2. The number of amides is 2. The average molecular weight is 336 g/mol. The molecule has 1 aliphatic rings. The van der Waals surface area contributed by atoms with Crippen LogP contribution in [0.15, 0.2) is 48.5 Å². The van der Waals surface area contributed by atoms with Crippen molar-refractivity contribution in [2.75, 3.05) is 6.54 Å². The molecule has 1 aliphatic heterocycles. The molecule has 1 fully saturated rings. The Labute approximate surface area is 148 Å². The number of carbonyl (C=O) groups is 2. The van der Waals surface area contributed by atoms with E-state index in [1.165, 1.54) is 11.1 Å². The summed E-state index contributed by atoms with van der Waals surface area (Å²) in [6.45, 7) is 5.64. The first-order valence-electron chi connectivity index (χ1n) is 8.68. The van der Waals surface area contributed by atoms with Gasteiger partial charge in [0, 0.05) is 26.1 Å². The second kappa shape index (κ2) is 7.51. The Kier molecular flexibility index (Phi) is 5.17. The minimum absolute atomic E-state index is 0.0414. The highest BCUT2D eigenvalue weighted by molar-refractivity contribution is 5.89. The Bertz CT molecular complexity index is 750. The Morgan fingerprint density at radius 3 is 2.16 bits per heavy atom. The van der Waals surface area contributed by atoms with Crippen LogP contribution in [0.1, 0.15) is 28.7 Å². The molecular formula is C21H24N2O2. The lowest BCUT2D eigenvalue weighted by Crippen LogP contribution is -2.32. The van der Waals surface area contributed by atoms with E-state index in [2.05, 4.69) is 5.32 Å². The predicted molar refractivity (Wildman–Crippen MR) is 97.7 cm³/mol. The second-order valence-corrected chi connectivity index (χ2v) is 6.86. The summed E-state index contributed by atoms with van der Waals surface area (Å²) in [7, 11) is 0. The van der Waals surface area contributed by atoms with E-state index in [1.54, 1.807) is 4.90 Å². The molecule has 1 N–H and O–H groups in total. The van der Waals surface area contributed by atoms with Crippen LogP contribution in [0.2, 0.25) is 0 Å². The molecule has 1 atom stereocenters. The maximum Gasteiger partial charge on any atom is 0.225 e. The smallest absolute Gasteiger partial charge is 0.225 e. The van der Waals surface area contributed by atoms with Crippen LogP contribution in [0, 0.1) is 19.8 Å². The number of likely N-dealkylation sites (tertiary alicyclic amines) is 1. The fraction of sp³-hybridized carbons (Fsp3) is 0.333. The number of nitrogens with one attached hydrogen (secondary N) is 1. The van der Waals surface area contributed by atoms with Gasteiger partial charge in [-0.2, -0.15) is 0 Å². The van der Waals surface area contributed by atoms with Crippen molar-refractivity contribution in [2.45, 2.75) is 33.4 Å². The Morgan fingerprint density at radius 1 is 1.00 bits per heavy atom. The van der Waals surface area contributed by atoms with Crippen molar-refractivity contribution in [2.24, 2.45) is 5.92 Å². The lowest BCUT2D eigenvalue weighted by Gasteiger charge is -2.17. The normalized spacial score (nSPS) is 17.0. The molecule has 130 valence electrons. The number of rotatable bonds is 5. The Balaban J connectivity index is 1.53. The van der Waals surface area contributed by atoms with Crippen molar-refractivity contribution in [1.82, 2.24) is 10.2 Å². The highest BCUT2D eigenvalue weighted by atomic mass is 16.2. The minimum atomic E-state index is -0.261. The molecule has 1 saturated heterocycles. The SMILES string of the molecule is Cc1ccc(CNC(=O)C2CC(=O)N(Cc3ccc(C)cc3)C2)cc1. The zero-order chi connectivity index (χ0) is 17.8. The first-order valence-corrected chi connectivity index (χ1v) is 8.68. The van der Waals surface area contributed by atoms with Gasteiger partial charge >= 0.3 is 0 Å². The van der Waals surface area contributed by atoms with Crippen LogP contribution in [0.4, 0.5) is 0 Å². The van der Waals surface area contributed by atoms with Crippen LogP contribution in [0.3, 0.4) is 0 Å². The predicted octanol–water partition coefficient (Wildman–Crippen LogP) is 2.97. The van der Waals surface area contributed by atoms with Crippen molar-refractivity contribution in [3.05, 3.63) is 70.8 Å². The van der Waals surface area contributed by atoms with E-state index in [-0.39, 0.29) is 17.7 Å². The fourth-order valence-corrected chi connectivity index (χ4v) is 3.05. The average Bonchev–Trinajstić information content (AvgIpc) is 2.97. The van der Waals surface area contributed by atoms with Gasteiger partial charge in [-0.25, -0.2) is 0 Å². The molecule has 0 bridgehead atoms. The summed E-state index contributed by atoms with van der Waals surface area (Å²) in [5.41, 5.74) is 4.56. The van der Waals surface area contributed by atoms with Gasteiger partial charge in [0.1, 0.15) is 0 Å². The van der Waals surface area contributed by atoms with Crippen LogP contribution in [0.25, 0.3) is 0 Å². The van der Waals surface area contributed by atoms with E-state index < -0.39 is 0 Å². The van der Waals surface area contributed by atoms with E-state index in [9.17, 15) is 9.59 Å². The monoisotopic (exact) mass is 336 g/mol. The van der Waals surface area contributed by atoms with Crippen molar-refractivity contribution in [3.63, 3.8) is 0 Å². The van der Waals surface area contributed by atoms with Crippen molar-refractivity contribution < 1.29 is 9.59 Å². The lowest BCUT2D eigenvalue weighted by atomic mass is 10.1. The molecular weight excluding hydrogens is 312 g/mol. The van der Waals surface area contributed by atoms with Gasteiger partial charge in [-0.1, -0.05) is 59.7 Å². The molecule has 25 heavy (non-hydrogen) atoms. The van der Waals surface area contributed by atoms with Gasteiger partial charge < -0.3 is 10.2 Å². The van der Waals surface area contributed by atoms with E-state index in [0.29, 0.717) is 26.1 Å². The highest BCUT2D eigenvalue weighted by Crippen LogP contribution is 2.20. The minimum Gasteiger partial charge on any atom is -0.352 e. The number of nitrogens with zero attached hydrogens (tertiary/aromatic N) is 1. The van der Waals surface area contributed by atoms with Gasteiger partial charge in [0.25, 0.3) is 0 Å². The van der Waals surface area contributed by atoms with E-state index in [1.807, 2.05) is 62.4 Å². The Morgan fingerprint density at radius 2 is 1.56 bits per heavy atom. The zero-order valence-electron chi connectivity index (χ0n) is 14.8. The molecule has 0 radical (unpaired) electrons. The van der Waals surface area contributed by atoms with E-state index >= 15 is 0 Å². The zero-order valence-corrected chi connectivity index (χ0v) is 14.8. The summed E-state index contributed by atoms with van der Waals surface area (Å²) in [4.78, 5) is 26.4. The number of carbonyl (C=O) groups excluding carboxylic acids is 2. The maximum atomic E-state index is 12.4. The molecule has 0 saturated carbocycles. The number of hydrogen-bond acceptors (Lipinski definition) is 2. The van der Waals surface area contributed by atoms with Crippen LogP contribution in [-0.4, -0.2) is 23.3 Å². The van der Waals surface area contributed by atoms with Gasteiger partial charge in [-0.15, -0.1) is 0 Å². The molecule has 0 spiro atoms. The molecule has 2 aromatic rings. The molecule has 3 rings (SSSR count). The molecule has 0 aromatic heterocycles. The number of benzene rings is 2. The van der Waals surface area contributed by atoms with Crippen LogP contribution in [-0.2, 0) is 22.7 Å². The number of aryl methyl sites for hydroxylation is 2. The van der Waals surface area contributed by atoms with Gasteiger partial charge in [-0.05, 0) is 25.0 Å². The quantitative estimate of drug-likeness (QED) is 0.912. The first-order chi connectivity index (χ1) is 12.0. The molecule has 0 aliphatic carbocycles. The third-order valence-electron chi connectivity index (χ3n) is 4.67. The maximum absolute atomic E-state index is 12.4. The van der Waals surface area contributed by atoms with Crippen LogP contribution in [0.5, 0.6) is 0 Å². The van der Waals surface area contributed by atoms with Gasteiger partial charge in [-0.3, -0.25) is 9.59 Å². The molecule has 2 amide bonds. The van der Waals surface area contributed by atoms with Crippen molar-refractivity contribution in [3.8, 4) is 0 Å². The Hall–Kier alpha value is -2.62. The highest BCUT2D eigenvalue weighted by Gasteiger charge is 2.34. The lowest BCUT2D eigenvalue weighted by molar-refractivity contribution is -0.129. The summed E-state index contributed by atoms with van der Waals surface area (Å²) in [5, 5.41) is 2.95. The summed E-state index contributed by atoms with van der Waals surface area (Å²) >= 11 is 0. The standard InChI is InChI=1S/C21H24N2O2/c1-15-3-7-17(8-4-15)12-22-21(25)19-11-20(24)23(14-19)13-18-9-5-16(2)6-10-18/h3-10,19H,11-14H2,1-2H3,(H,22,25). The third-order valence-corrected chi connectivity index (χ3v) is 4.67. The molecule has 1 unspecified atom stereocenters. The molecule has 4 heteroatoms. The van der Waals surface area contributed by atoms with Gasteiger partial charge in [0.15, 0.2) is 0 Å². The summed E-state index contributed by atoms with van der Waals surface area (Å²) < 4.78 is 0. The summed E-state index contributed by atoms with van der Waals surface area (Å²) in [6, 6.07) is 16.2. The summed E-state index contributed by atoms with van der Waals surface area (Å²) in [6.07, 6.45) is 0.297. The number of hydrogen-bond donors (Lipinski definition) is 1. The second-order valence-electron chi connectivity index (χ2n) is 6.86. The van der Waals surface area contributed by atoms with Crippen molar-refractivity contribution in [1.29, 1.82) is 0 Å². The van der Waals surface area contributed by atoms with Crippen molar-refractivity contribution >= 4 is 11.8 Å². The fourth-order valence-electron chi connectivity index (χ4n) is 3.05. The third kappa shape index (κ3) is 4.47. The van der Waals surface area contributed by atoms with E-state index in [0.717, 1.165) is 11.1 Å². The summed E-state index contributed by atoms with van der Waals surface area (Å²) in [5.74, 6) is -0.250. The topological polar surface area (TPSA) is 49.4 Å².